The van der Waals surface area contributed by atoms with E-state index in [-0.39, 0.29) is 17.6 Å². The maximum atomic E-state index is 12.6. The Kier molecular flexibility index (Phi) is 4.91. The number of fused-ring (bicyclic) bond motifs is 1. The number of carbonyl (C=O) groups is 1. The predicted molar refractivity (Wildman–Crippen MR) is 98.2 cm³/mol. The maximum Gasteiger partial charge on any atom is 0.261 e. The normalized spacial score (nSPS) is 19.3. The Morgan fingerprint density at radius 3 is 2.68 bits per heavy atom. The number of para-hydroxylation sites is 2. The Balaban J connectivity index is 1.73. The summed E-state index contributed by atoms with van der Waals surface area (Å²) < 4.78 is 11.7. The van der Waals surface area contributed by atoms with E-state index >= 15 is 0 Å². The van der Waals surface area contributed by atoms with Crippen molar-refractivity contribution >= 4 is 17.5 Å². The van der Waals surface area contributed by atoms with E-state index in [2.05, 4.69) is 5.32 Å². The Labute approximate surface area is 153 Å². The summed E-state index contributed by atoms with van der Waals surface area (Å²) in [6.45, 7) is 5.76. The van der Waals surface area contributed by atoms with Crippen molar-refractivity contribution in [3.63, 3.8) is 0 Å². The van der Waals surface area contributed by atoms with Gasteiger partial charge >= 0.3 is 0 Å². The van der Waals surface area contributed by atoms with Crippen LogP contribution in [0.2, 0.25) is 5.02 Å². The second-order valence-electron chi connectivity index (χ2n) is 6.86. The molecule has 1 amide bonds. The van der Waals surface area contributed by atoms with Gasteiger partial charge in [0.15, 0.2) is 6.10 Å². The van der Waals surface area contributed by atoms with Gasteiger partial charge in [0, 0.05) is 12.0 Å². The topological polar surface area (TPSA) is 47.6 Å². The number of hydrogen-bond donors (Lipinski definition) is 1. The molecule has 25 heavy (non-hydrogen) atoms. The Hall–Kier alpha value is -2.20. The summed E-state index contributed by atoms with van der Waals surface area (Å²) in [7, 11) is 0. The molecule has 1 aliphatic rings. The van der Waals surface area contributed by atoms with Crippen LogP contribution in [-0.4, -0.2) is 17.6 Å². The molecule has 1 heterocycles. The Morgan fingerprint density at radius 1 is 1.24 bits per heavy atom. The summed E-state index contributed by atoms with van der Waals surface area (Å²) in [5, 5.41) is 3.57. The molecule has 0 fully saturated rings. The summed E-state index contributed by atoms with van der Waals surface area (Å²) in [5.74, 6) is 1.13. The van der Waals surface area contributed by atoms with Gasteiger partial charge in [0.25, 0.3) is 5.91 Å². The molecular weight excluding hydrogens is 338 g/mol. The summed E-state index contributed by atoms with van der Waals surface area (Å²) in [4.78, 5) is 12.6. The summed E-state index contributed by atoms with van der Waals surface area (Å²) in [5.41, 5.74) is 0.638. The summed E-state index contributed by atoms with van der Waals surface area (Å²) in [6, 6.07) is 14.8. The van der Waals surface area contributed by atoms with Crippen LogP contribution in [0.25, 0.3) is 0 Å². The van der Waals surface area contributed by atoms with Gasteiger partial charge in [-0.2, -0.15) is 0 Å². The molecule has 0 aliphatic carbocycles. The lowest BCUT2D eigenvalue weighted by Gasteiger charge is -2.38. The van der Waals surface area contributed by atoms with E-state index in [1.165, 1.54) is 0 Å². The molecule has 0 saturated heterocycles. The Bertz CT molecular complexity index is 775. The van der Waals surface area contributed by atoms with Crippen molar-refractivity contribution in [2.24, 2.45) is 0 Å². The summed E-state index contributed by atoms with van der Waals surface area (Å²) in [6.07, 6.45) is 0.0344. The molecule has 1 aliphatic heterocycles. The number of hydrogen-bond acceptors (Lipinski definition) is 3. The van der Waals surface area contributed by atoms with Crippen molar-refractivity contribution < 1.29 is 14.3 Å². The lowest BCUT2D eigenvalue weighted by Crippen LogP contribution is -2.44. The van der Waals surface area contributed by atoms with Crippen molar-refractivity contribution in [3.8, 4) is 11.5 Å². The van der Waals surface area contributed by atoms with Crippen LogP contribution >= 0.6 is 11.6 Å². The zero-order valence-electron chi connectivity index (χ0n) is 14.6. The molecule has 4 nitrogen and oxygen atoms in total. The van der Waals surface area contributed by atoms with Gasteiger partial charge in [0.2, 0.25) is 0 Å². The second kappa shape index (κ2) is 6.96. The van der Waals surface area contributed by atoms with E-state index in [0.717, 1.165) is 11.3 Å². The minimum atomic E-state index is -0.655. The smallest absolute Gasteiger partial charge is 0.261 e. The standard InChI is InChI=1S/C20H22ClNO3/c1-13(24-18-11-7-5-9-15(18)21)19(23)22-16-12-20(2,3)25-17-10-6-4-8-14(16)17/h4-11,13,16H,12H2,1-3H3,(H,22,23)/t13-,16-/m0/s1. The van der Waals surface area contributed by atoms with Crippen molar-refractivity contribution in [2.75, 3.05) is 0 Å². The molecule has 0 aromatic heterocycles. The van der Waals surface area contributed by atoms with E-state index in [1.54, 1.807) is 19.1 Å². The van der Waals surface area contributed by atoms with Crippen molar-refractivity contribution in [1.29, 1.82) is 0 Å². The highest BCUT2D eigenvalue weighted by Crippen LogP contribution is 2.39. The molecule has 132 valence electrons. The molecular formula is C20H22ClNO3. The van der Waals surface area contributed by atoms with Crippen molar-refractivity contribution in [2.45, 2.75) is 44.9 Å². The largest absolute Gasteiger partial charge is 0.487 e. The highest BCUT2D eigenvalue weighted by atomic mass is 35.5. The van der Waals surface area contributed by atoms with Gasteiger partial charge < -0.3 is 14.8 Å². The van der Waals surface area contributed by atoms with E-state index in [9.17, 15) is 4.79 Å². The van der Waals surface area contributed by atoms with E-state index in [0.29, 0.717) is 17.2 Å². The molecule has 3 rings (SSSR count). The monoisotopic (exact) mass is 359 g/mol. The SMILES string of the molecule is C[C@H](Oc1ccccc1Cl)C(=O)N[C@H]1CC(C)(C)Oc2ccccc21. The van der Waals surface area contributed by atoms with Crippen LogP contribution in [0, 0.1) is 0 Å². The Morgan fingerprint density at radius 2 is 1.92 bits per heavy atom. The number of ether oxygens (including phenoxy) is 2. The van der Waals surface area contributed by atoms with Crippen molar-refractivity contribution in [1.82, 2.24) is 5.32 Å². The predicted octanol–water partition coefficient (Wildman–Crippen LogP) is 4.53. The van der Waals surface area contributed by atoms with Gasteiger partial charge in [0.1, 0.15) is 17.1 Å². The first kappa shape index (κ1) is 17.6. The second-order valence-corrected chi connectivity index (χ2v) is 7.26. The van der Waals surface area contributed by atoms with E-state index < -0.39 is 6.10 Å². The third-order valence-corrected chi connectivity index (χ3v) is 4.51. The van der Waals surface area contributed by atoms with Crippen LogP contribution in [0.1, 0.15) is 38.8 Å². The van der Waals surface area contributed by atoms with Crippen LogP contribution in [0.4, 0.5) is 0 Å². The van der Waals surface area contributed by atoms with Crippen LogP contribution in [0.3, 0.4) is 0 Å². The molecule has 2 aromatic rings. The quantitative estimate of drug-likeness (QED) is 0.872. The third kappa shape index (κ3) is 4.07. The third-order valence-electron chi connectivity index (χ3n) is 4.20. The van der Waals surface area contributed by atoms with E-state index in [4.69, 9.17) is 21.1 Å². The van der Waals surface area contributed by atoms with Crippen LogP contribution in [0.5, 0.6) is 11.5 Å². The van der Waals surface area contributed by atoms with Crippen LogP contribution in [0.15, 0.2) is 48.5 Å². The molecule has 5 heteroatoms. The minimum Gasteiger partial charge on any atom is -0.487 e. The fourth-order valence-electron chi connectivity index (χ4n) is 3.00. The van der Waals surface area contributed by atoms with Gasteiger partial charge in [-0.05, 0) is 39.0 Å². The average Bonchev–Trinajstić information content (AvgIpc) is 2.55. The average molecular weight is 360 g/mol. The maximum absolute atomic E-state index is 12.6. The van der Waals surface area contributed by atoms with Gasteiger partial charge in [-0.15, -0.1) is 0 Å². The minimum absolute atomic E-state index is 0.121. The first-order valence-corrected chi connectivity index (χ1v) is 8.73. The van der Waals surface area contributed by atoms with E-state index in [1.807, 2.05) is 50.2 Å². The van der Waals surface area contributed by atoms with Crippen LogP contribution < -0.4 is 14.8 Å². The van der Waals surface area contributed by atoms with Gasteiger partial charge in [-0.3, -0.25) is 4.79 Å². The zero-order chi connectivity index (χ0) is 18.0. The van der Waals surface area contributed by atoms with Crippen molar-refractivity contribution in [3.05, 3.63) is 59.1 Å². The molecule has 0 spiro atoms. The number of nitrogens with one attached hydrogen (secondary N) is 1. The molecule has 1 N–H and O–H groups in total. The summed E-state index contributed by atoms with van der Waals surface area (Å²) >= 11 is 6.10. The molecule has 0 saturated carbocycles. The molecule has 0 bridgehead atoms. The number of benzene rings is 2. The number of halogens is 1. The molecule has 2 atom stereocenters. The molecule has 0 unspecified atom stereocenters. The number of carbonyl (C=O) groups excluding carboxylic acids is 1. The fraction of sp³-hybridized carbons (Fsp3) is 0.350. The lowest BCUT2D eigenvalue weighted by atomic mass is 9.89. The zero-order valence-corrected chi connectivity index (χ0v) is 15.3. The van der Waals surface area contributed by atoms with Gasteiger partial charge in [-0.25, -0.2) is 0 Å². The first-order chi connectivity index (χ1) is 11.9. The molecule has 2 aromatic carbocycles. The highest BCUT2D eigenvalue weighted by Gasteiger charge is 2.35. The number of amides is 1. The van der Waals surface area contributed by atoms with Gasteiger partial charge in [-0.1, -0.05) is 41.9 Å². The lowest BCUT2D eigenvalue weighted by molar-refractivity contribution is -0.128. The van der Waals surface area contributed by atoms with Gasteiger partial charge in [0.05, 0.1) is 11.1 Å². The van der Waals surface area contributed by atoms with Crippen LogP contribution in [-0.2, 0) is 4.79 Å². The fourth-order valence-corrected chi connectivity index (χ4v) is 3.18. The molecule has 0 radical (unpaired) electrons. The highest BCUT2D eigenvalue weighted by molar-refractivity contribution is 6.32. The first-order valence-electron chi connectivity index (χ1n) is 8.35. The number of rotatable bonds is 4.